The van der Waals surface area contributed by atoms with Crippen molar-refractivity contribution in [2.75, 3.05) is 0 Å². The second-order valence-electron chi connectivity index (χ2n) is 7.00. The molecule has 0 radical (unpaired) electrons. The average molecular weight is 378 g/mol. The summed E-state index contributed by atoms with van der Waals surface area (Å²) in [6.45, 7) is 3.95. The first-order chi connectivity index (χ1) is 13.5. The third-order valence-electron chi connectivity index (χ3n) is 5.03. The summed E-state index contributed by atoms with van der Waals surface area (Å²) in [5.41, 5.74) is 4.87. The van der Waals surface area contributed by atoms with Crippen LogP contribution in [-0.2, 0) is 13.2 Å². The largest absolute Gasteiger partial charge is 0.392 e. The van der Waals surface area contributed by atoms with Crippen molar-refractivity contribution in [3.05, 3.63) is 88.7 Å². The zero-order valence-corrected chi connectivity index (χ0v) is 15.7. The summed E-state index contributed by atoms with van der Waals surface area (Å²) in [6.07, 6.45) is 1.89. The van der Waals surface area contributed by atoms with E-state index in [0.29, 0.717) is 34.6 Å². The van der Waals surface area contributed by atoms with Gasteiger partial charge in [-0.3, -0.25) is 0 Å². The Kier molecular flexibility index (Phi) is 4.69. The summed E-state index contributed by atoms with van der Waals surface area (Å²) in [7, 11) is 0. The molecule has 1 N–H and O–H groups in total. The molecular formula is C23H20F2N2O. The highest BCUT2D eigenvalue weighted by atomic mass is 19.1. The van der Waals surface area contributed by atoms with Gasteiger partial charge in [-0.05, 0) is 49.2 Å². The van der Waals surface area contributed by atoms with Gasteiger partial charge >= 0.3 is 0 Å². The van der Waals surface area contributed by atoms with E-state index < -0.39 is 0 Å². The van der Waals surface area contributed by atoms with Crippen LogP contribution in [0.4, 0.5) is 8.78 Å². The van der Waals surface area contributed by atoms with Crippen LogP contribution < -0.4 is 0 Å². The van der Waals surface area contributed by atoms with Crippen molar-refractivity contribution in [1.82, 2.24) is 9.55 Å². The summed E-state index contributed by atoms with van der Waals surface area (Å²) in [5, 5.41) is 10.7. The van der Waals surface area contributed by atoms with Crippen molar-refractivity contribution in [2.45, 2.75) is 27.0 Å². The highest BCUT2D eigenvalue weighted by Gasteiger charge is 2.19. The van der Waals surface area contributed by atoms with E-state index in [1.165, 1.54) is 18.2 Å². The summed E-state index contributed by atoms with van der Waals surface area (Å²) in [4.78, 5) is 4.66. The van der Waals surface area contributed by atoms with Crippen LogP contribution in [0.5, 0.6) is 0 Å². The van der Waals surface area contributed by atoms with Crippen molar-refractivity contribution in [3.63, 3.8) is 0 Å². The van der Waals surface area contributed by atoms with Gasteiger partial charge in [0.15, 0.2) is 0 Å². The molecule has 2 heterocycles. The predicted molar refractivity (Wildman–Crippen MR) is 106 cm³/mol. The van der Waals surface area contributed by atoms with Gasteiger partial charge in [0.05, 0.1) is 6.61 Å². The molecule has 0 spiro atoms. The first-order valence-corrected chi connectivity index (χ1v) is 9.08. The second kappa shape index (κ2) is 7.17. The molecule has 0 atom stereocenters. The van der Waals surface area contributed by atoms with Crippen LogP contribution in [0, 0.1) is 25.5 Å². The molecule has 28 heavy (non-hydrogen) atoms. The van der Waals surface area contributed by atoms with Crippen LogP contribution in [-0.4, -0.2) is 14.7 Å². The van der Waals surface area contributed by atoms with Gasteiger partial charge in [-0.1, -0.05) is 24.3 Å². The predicted octanol–water partition coefficient (Wildman–Crippen LogP) is 5.14. The fourth-order valence-electron chi connectivity index (χ4n) is 3.59. The summed E-state index contributed by atoms with van der Waals surface area (Å²) < 4.78 is 29.9. The molecule has 0 unspecified atom stereocenters. The Hall–Kier alpha value is -3.05. The number of hydrogen-bond acceptors (Lipinski definition) is 2. The SMILES string of the molecule is Cc1ccc(-c2c(CO)c(C)nc3c2ccn3Cc2ccc(F)cc2)c(F)c1. The Bertz CT molecular complexity index is 1160. The van der Waals surface area contributed by atoms with E-state index in [9.17, 15) is 13.9 Å². The number of fused-ring (bicyclic) bond motifs is 1. The standard InChI is InChI=1S/C23H20F2N2O/c1-14-3-8-18(21(25)11-14)22-19-9-10-27(12-16-4-6-17(24)7-5-16)23(19)26-15(2)20(22)13-28/h3-11,28H,12-13H2,1-2H3. The Balaban J connectivity index is 1.91. The van der Waals surface area contributed by atoms with Crippen LogP contribution in [0.1, 0.15) is 22.4 Å². The molecule has 0 fully saturated rings. The number of benzene rings is 2. The maximum Gasteiger partial charge on any atom is 0.141 e. The van der Waals surface area contributed by atoms with Gasteiger partial charge in [0.1, 0.15) is 17.3 Å². The highest BCUT2D eigenvalue weighted by molar-refractivity contribution is 5.96. The van der Waals surface area contributed by atoms with E-state index in [-0.39, 0.29) is 18.2 Å². The number of aliphatic hydroxyl groups excluding tert-OH is 1. The Morgan fingerprint density at radius 1 is 1.00 bits per heavy atom. The minimum atomic E-state index is -0.326. The van der Waals surface area contributed by atoms with E-state index >= 15 is 0 Å². The van der Waals surface area contributed by atoms with Gasteiger partial charge in [0.2, 0.25) is 0 Å². The molecule has 5 heteroatoms. The molecular weight excluding hydrogens is 358 g/mol. The Morgan fingerprint density at radius 3 is 2.43 bits per heavy atom. The van der Waals surface area contributed by atoms with Crippen molar-refractivity contribution in [3.8, 4) is 11.1 Å². The number of pyridine rings is 1. The summed E-state index contributed by atoms with van der Waals surface area (Å²) >= 11 is 0. The topological polar surface area (TPSA) is 38.1 Å². The quantitative estimate of drug-likeness (QED) is 0.534. The highest BCUT2D eigenvalue weighted by Crippen LogP contribution is 2.35. The molecule has 0 amide bonds. The molecule has 2 aromatic heterocycles. The minimum absolute atomic E-state index is 0.222. The van der Waals surface area contributed by atoms with Crippen molar-refractivity contribution < 1.29 is 13.9 Å². The lowest BCUT2D eigenvalue weighted by Gasteiger charge is -2.15. The number of aryl methyl sites for hydroxylation is 2. The van der Waals surface area contributed by atoms with Gasteiger partial charge in [-0.2, -0.15) is 0 Å². The maximum absolute atomic E-state index is 14.8. The lowest BCUT2D eigenvalue weighted by Crippen LogP contribution is -2.04. The number of aliphatic hydroxyl groups is 1. The number of rotatable bonds is 4. The zero-order chi connectivity index (χ0) is 19.8. The maximum atomic E-state index is 14.8. The monoisotopic (exact) mass is 378 g/mol. The first kappa shape index (κ1) is 18.3. The number of aromatic nitrogens is 2. The lowest BCUT2D eigenvalue weighted by molar-refractivity contribution is 0.281. The fourth-order valence-corrected chi connectivity index (χ4v) is 3.59. The molecule has 2 aromatic carbocycles. The summed E-state index contributed by atoms with van der Waals surface area (Å²) in [6, 6.07) is 13.3. The molecule has 0 aliphatic heterocycles. The van der Waals surface area contributed by atoms with Crippen LogP contribution in [0.15, 0.2) is 54.7 Å². The van der Waals surface area contributed by atoms with Crippen LogP contribution >= 0.6 is 0 Å². The van der Waals surface area contributed by atoms with E-state index in [1.54, 1.807) is 18.2 Å². The van der Waals surface area contributed by atoms with Gasteiger partial charge in [0, 0.05) is 40.5 Å². The smallest absolute Gasteiger partial charge is 0.141 e. The minimum Gasteiger partial charge on any atom is -0.392 e. The van der Waals surface area contributed by atoms with Gasteiger partial charge in [-0.15, -0.1) is 0 Å². The molecule has 0 aliphatic rings. The molecule has 0 saturated heterocycles. The Labute approximate surface area is 161 Å². The van der Waals surface area contributed by atoms with E-state index in [2.05, 4.69) is 4.98 Å². The molecule has 4 rings (SSSR count). The number of hydrogen-bond donors (Lipinski definition) is 1. The van der Waals surface area contributed by atoms with Gasteiger partial charge in [0.25, 0.3) is 0 Å². The van der Waals surface area contributed by atoms with Crippen molar-refractivity contribution in [2.24, 2.45) is 0 Å². The summed E-state index contributed by atoms with van der Waals surface area (Å²) in [5.74, 6) is -0.604. The van der Waals surface area contributed by atoms with Crippen LogP contribution in [0.25, 0.3) is 22.2 Å². The average Bonchev–Trinajstić information content (AvgIpc) is 3.05. The zero-order valence-electron chi connectivity index (χ0n) is 15.7. The lowest BCUT2D eigenvalue weighted by atomic mass is 9.95. The van der Waals surface area contributed by atoms with E-state index in [0.717, 1.165) is 16.5 Å². The first-order valence-electron chi connectivity index (χ1n) is 9.08. The third kappa shape index (κ3) is 3.18. The van der Waals surface area contributed by atoms with Crippen molar-refractivity contribution >= 4 is 11.0 Å². The third-order valence-corrected chi connectivity index (χ3v) is 5.03. The number of nitrogens with zero attached hydrogens (tertiary/aromatic N) is 2. The van der Waals surface area contributed by atoms with Gasteiger partial charge < -0.3 is 9.67 Å². The van der Waals surface area contributed by atoms with Gasteiger partial charge in [-0.25, -0.2) is 13.8 Å². The molecule has 3 nitrogen and oxygen atoms in total. The van der Waals surface area contributed by atoms with E-state index in [1.807, 2.05) is 36.7 Å². The second-order valence-corrected chi connectivity index (χ2v) is 7.00. The van der Waals surface area contributed by atoms with E-state index in [4.69, 9.17) is 0 Å². The fraction of sp³-hybridized carbons (Fsp3) is 0.174. The van der Waals surface area contributed by atoms with Crippen LogP contribution in [0.3, 0.4) is 0 Å². The number of halogens is 2. The van der Waals surface area contributed by atoms with Crippen LogP contribution in [0.2, 0.25) is 0 Å². The van der Waals surface area contributed by atoms with Crippen molar-refractivity contribution in [1.29, 1.82) is 0 Å². The Morgan fingerprint density at radius 2 is 1.75 bits per heavy atom. The normalized spacial score (nSPS) is 11.3. The molecule has 0 bridgehead atoms. The molecule has 142 valence electrons. The molecule has 0 aliphatic carbocycles. The molecule has 0 saturated carbocycles. The molecule has 4 aromatic rings.